The lowest BCUT2D eigenvalue weighted by Gasteiger charge is -2.19. The van der Waals surface area contributed by atoms with Crippen LogP contribution in [0, 0.1) is 20.8 Å². The summed E-state index contributed by atoms with van der Waals surface area (Å²) in [5.41, 5.74) is 4.64. The van der Waals surface area contributed by atoms with Crippen molar-refractivity contribution in [1.29, 1.82) is 0 Å². The van der Waals surface area contributed by atoms with Crippen molar-refractivity contribution in [2.24, 2.45) is 0 Å². The van der Waals surface area contributed by atoms with Gasteiger partial charge < -0.3 is 15.7 Å². The molecule has 0 aliphatic rings. The first-order chi connectivity index (χ1) is 16.5. The second-order valence-electron chi connectivity index (χ2n) is 8.39. The molecule has 0 heterocycles. The Kier molecular flexibility index (Phi) is 7.93. The lowest BCUT2D eigenvalue weighted by atomic mass is 9.98. The number of hydrogen-bond donors (Lipinski definition) is 4. The van der Waals surface area contributed by atoms with E-state index in [0.29, 0.717) is 22.4 Å². The molecule has 0 aliphatic carbocycles. The van der Waals surface area contributed by atoms with Crippen LogP contribution in [0.15, 0.2) is 65.6 Å². The Hall–Kier alpha value is -3.69. The lowest BCUT2D eigenvalue weighted by molar-refractivity contribution is -0.138. The molecule has 1 atom stereocenters. The topological polar surface area (TPSA) is 125 Å². The molecular weight excluding hydrogens is 466 g/mol. The van der Waals surface area contributed by atoms with Gasteiger partial charge in [0.2, 0.25) is 10.0 Å². The maximum absolute atomic E-state index is 13.1. The molecule has 35 heavy (non-hydrogen) atoms. The van der Waals surface area contributed by atoms with Crippen LogP contribution in [0.1, 0.15) is 22.3 Å². The molecule has 0 radical (unpaired) electrons. The van der Waals surface area contributed by atoms with Gasteiger partial charge in [0.05, 0.1) is 10.6 Å². The van der Waals surface area contributed by atoms with E-state index in [0.717, 1.165) is 16.7 Å². The number of benzene rings is 3. The van der Waals surface area contributed by atoms with E-state index in [2.05, 4.69) is 15.4 Å². The van der Waals surface area contributed by atoms with Gasteiger partial charge in [-0.2, -0.15) is 4.72 Å². The van der Waals surface area contributed by atoms with Crippen molar-refractivity contribution in [2.75, 3.05) is 12.4 Å². The third-order valence-electron chi connectivity index (χ3n) is 5.55. The molecule has 1 unspecified atom stereocenters. The number of carboxylic acids is 1. The normalized spacial score (nSPS) is 12.1. The fourth-order valence-electron chi connectivity index (χ4n) is 4.13. The minimum Gasteiger partial charge on any atom is -0.480 e. The molecular formula is C26H29N3O5S. The number of anilines is 1. The zero-order valence-electron chi connectivity index (χ0n) is 20.0. The van der Waals surface area contributed by atoms with E-state index in [1.54, 1.807) is 44.2 Å². The summed E-state index contributed by atoms with van der Waals surface area (Å²) in [6, 6.07) is 16.2. The molecule has 0 bridgehead atoms. The molecule has 2 amide bonds. The minimum atomic E-state index is -4.10. The van der Waals surface area contributed by atoms with Crippen molar-refractivity contribution in [3.63, 3.8) is 0 Å². The fourth-order valence-corrected chi connectivity index (χ4v) is 5.77. The number of aliphatic carboxylic acids is 1. The highest BCUT2D eigenvalue weighted by molar-refractivity contribution is 7.89. The molecule has 4 N–H and O–H groups in total. The van der Waals surface area contributed by atoms with Gasteiger partial charge in [0, 0.05) is 12.6 Å². The molecule has 3 aromatic rings. The number of carbonyl (C=O) groups is 2. The molecule has 184 valence electrons. The third kappa shape index (κ3) is 6.26. The molecule has 0 spiro atoms. The largest absolute Gasteiger partial charge is 0.480 e. The SMILES string of the molecule is CNC(=O)Nc1cc(CC(NS(=O)(=O)c2c(C)cc(C)cc2C)C(=O)O)ccc1-c1ccccc1. The molecule has 8 nitrogen and oxygen atoms in total. The Morgan fingerprint density at radius 3 is 2.14 bits per heavy atom. The van der Waals surface area contributed by atoms with Crippen molar-refractivity contribution >= 4 is 27.7 Å². The maximum atomic E-state index is 13.1. The van der Waals surface area contributed by atoms with Gasteiger partial charge in [-0.15, -0.1) is 0 Å². The summed E-state index contributed by atoms with van der Waals surface area (Å²) in [4.78, 5) is 24.1. The maximum Gasteiger partial charge on any atom is 0.322 e. The summed E-state index contributed by atoms with van der Waals surface area (Å²) in [6.45, 7) is 5.24. The van der Waals surface area contributed by atoms with Gasteiger partial charge in [-0.05, 0) is 55.5 Å². The van der Waals surface area contributed by atoms with E-state index in [1.165, 1.54) is 7.05 Å². The van der Waals surface area contributed by atoms with Crippen LogP contribution < -0.4 is 15.4 Å². The zero-order chi connectivity index (χ0) is 25.8. The van der Waals surface area contributed by atoms with Crippen molar-refractivity contribution in [3.05, 3.63) is 82.9 Å². The highest BCUT2D eigenvalue weighted by atomic mass is 32.2. The number of urea groups is 1. The van der Waals surface area contributed by atoms with E-state index < -0.39 is 28.1 Å². The van der Waals surface area contributed by atoms with E-state index in [-0.39, 0.29) is 11.3 Å². The number of carboxylic acid groups (broad SMARTS) is 1. The Morgan fingerprint density at radius 2 is 1.57 bits per heavy atom. The Balaban J connectivity index is 1.95. The first-order valence-corrected chi connectivity index (χ1v) is 12.5. The van der Waals surface area contributed by atoms with E-state index in [4.69, 9.17) is 0 Å². The van der Waals surface area contributed by atoms with Crippen molar-refractivity contribution in [3.8, 4) is 11.1 Å². The summed E-state index contributed by atoms with van der Waals surface area (Å²) in [5.74, 6) is -1.30. The van der Waals surface area contributed by atoms with Gasteiger partial charge in [0.15, 0.2) is 0 Å². The van der Waals surface area contributed by atoms with Gasteiger partial charge in [-0.25, -0.2) is 13.2 Å². The van der Waals surface area contributed by atoms with Crippen molar-refractivity contribution in [2.45, 2.75) is 38.1 Å². The Bertz CT molecular complexity index is 1330. The first-order valence-electron chi connectivity index (χ1n) is 11.0. The average Bonchev–Trinajstić information content (AvgIpc) is 2.78. The van der Waals surface area contributed by atoms with Crippen LogP contribution in [-0.2, 0) is 21.2 Å². The van der Waals surface area contributed by atoms with Crippen molar-refractivity contribution < 1.29 is 23.1 Å². The lowest BCUT2D eigenvalue weighted by Crippen LogP contribution is -2.42. The van der Waals surface area contributed by atoms with Gasteiger partial charge in [-0.3, -0.25) is 4.79 Å². The molecule has 0 aliphatic heterocycles. The van der Waals surface area contributed by atoms with Gasteiger partial charge in [0.1, 0.15) is 6.04 Å². The Labute approximate surface area is 205 Å². The first kappa shape index (κ1) is 25.9. The van der Waals surface area contributed by atoms with Crippen LogP contribution in [0.5, 0.6) is 0 Å². The highest BCUT2D eigenvalue weighted by Gasteiger charge is 2.28. The standard InChI is InChI=1S/C26H29N3O5S/c1-16-12-17(2)24(18(3)13-16)35(33,34)29-23(25(30)31)15-19-10-11-21(20-8-6-5-7-9-20)22(14-19)28-26(32)27-4/h5-14,23,29H,15H2,1-4H3,(H,30,31)(H2,27,28,32). The summed E-state index contributed by atoms with van der Waals surface area (Å²) in [5, 5.41) is 15.1. The van der Waals surface area contributed by atoms with Crippen LogP contribution >= 0.6 is 0 Å². The Morgan fingerprint density at radius 1 is 0.943 bits per heavy atom. The van der Waals surface area contributed by atoms with Crippen molar-refractivity contribution in [1.82, 2.24) is 10.0 Å². The number of sulfonamides is 1. The molecule has 0 aromatic heterocycles. The van der Waals surface area contributed by atoms with Crippen LogP contribution in [0.2, 0.25) is 0 Å². The molecule has 3 rings (SSSR count). The predicted molar refractivity (Wildman–Crippen MR) is 136 cm³/mol. The summed E-state index contributed by atoms with van der Waals surface area (Å²) >= 11 is 0. The summed E-state index contributed by atoms with van der Waals surface area (Å²) < 4.78 is 28.6. The number of amides is 2. The quantitative estimate of drug-likeness (QED) is 0.376. The second kappa shape index (κ2) is 10.7. The second-order valence-corrected chi connectivity index (χ2v) is 10.0. The summed E-state index contributed by atoms with van der Waals surface area (Å²) in [7, 11) is -2.61. The highest BCUT2D eigenvalue weighted by Crippen LogP contribution is 2.30. The van der Waals surface area contributed by atoms with E-state index >= 15 is 0 Å². The fraction of sp³-hybridized carbons (Fsp3) is 0.231. The molecule has 0 saturated heterocycles. The van der Waals surface area contributed by atoms with E-state index in [9.17, 15) is 23.1 Å². The molecule has 0 fully saturated rings. The molecule has 0 saturated carbocycles. The predicted octanol–water partition coefficient (Wildman–Crippen LogP) is 4.00. The van der Waals surface area contributed by atoms with Crippen LogP contribution in [0.4, 0.5) is 10.5 Å². The van der Waals surface area contributed by atoms with Crippen LogP contribution in [0.25, 0.3) is 11.1 Å². The average molecular weight is 496 g/mol. The molecule has 3 aromatic carbocycles. The monoisotopic (exact) mass is 495 g/mol. The van der Waals surface area contributed by atoms with Crippen LogP contribution in [0.3, 0.4) is 0 Å². The number of rotatable bonds is 8. The van der Waals surface area contributed by atoms with Crippen LogP contribution in [-0.4, -0.2) is 38.6 Å². The number of aryl methyl sites for hydroxylation is 3. The van der Waals surface area contributed by atoms with E-state index in [1.807, 2.05) is 37.3 Å². The number of carbonyl (C=O) groups excluding carboxylic acids is 1. The minimum absolute atomic E-state index is 0.0794. The number of nitrogens with one attached hydrogen (secondary N) is 3. The smallest absolute Gasteiger partial charge is 0.322 e. The van der Waals surface area contributed by atoms with Gasteiger partial charge >= 0.3 is 12.0 Å². The number of hydrogen-bond acceptors (Lipinski definition) is 4. The van der Waals surface area contributed by atoms with Gasteiger partial charge in [-0.1, -0.05) is 60.2 Å². The summed E-state index contributed by atoms with van der Waals surface area (Å²) in [6.07, 6.45) is -0.115. The third-order valence-corrected chi connectivity index (χ3v) is 7.33. The zero-order valence-corrected chi connectivity index (χ0v) is 20.9. The van der Waals surface area contributed by atoms with Gasteiger partial charge in [0.25, 0.3) is 0 Å². The molecule has 9 heteroatoms.